The summed E-state index contributed by atoms with van der Waals surface area (Å²) in [5.74, 6) is 2.65. The fraction of sp³-hybridized carbons (Fsp3) is 0.500. The number of rotatable bonds is 6. The van der Waals surface area contributed by atoms with Crippen molar-refractivity contribution in [3.8, 4) is 23.6 Å². The maximum Gasteiger partial charge on any atom is 0.418 e. The first-order chi connectivity index (χ1) is 24.3. The molecule has 7 rings (SSSR count). The van der Waals surface area contributed by atoms with Gasteiger partial charge in [0.1, 0.15) is 12.4 Å². The molecule has 2 aromatic heterocycles. The summed E-state index contributed by atoms with van der Waals surface area (Å²) in [6.45, 7) is 8.78. The molecule has 1 N–H and O–H groups in total. The number of hydrogen-bond acceptors (Lipinski definition) is 9. The molecule has 6 heterocycles. The Morgan fingerprint density at radius 3 is 2.75 bits per heavy atom. The largest absolute Gasteiger partial charge is 0.505 e. The SMILES string of the molecule is C=C1CN2CCC[C@@]2(COc2nc3c(c(N4CCCn5nc(C(=O)N(C)C)cc5C4)n2)COC(c2c(F)c(O)cc(C#CC)c2C(F)(F)F)C3)C1. The summed E-state index contributed by atoms with van der Waals surface area (Å²) in [6, 6.07) is 2.49. The van der Waals surface area contributed by atoms with Crippen LogP contribution in [0.25, 0.3) is 0 Å². The van der Waals surface area contributed by atoms with Crippen LogP contribution in [0.2, 0.25) is 0 Å². The predicted octanol–water partition coefficient (Wildman–Crippen LogP) is 5.01. The molecule has 0 bridgehead atoms. The topological polar surface area (TPSA) is 109 Å². The number of phenols is 1. The van der Waals surface area contributed by atoms with Crippen LogP contribution < -0.4 is 9.64 Å². The first kappa shape index (κ1) is 34.8. The zero-order valence-corrected chi connectivity index (χ0v) is 28.7. The molecule has 2 fully saturated rings. The maximum atomic E-state index is 15.6. The lowest BCUT2D eigenvalue weighted by Crippen LogP contribution is -2.43. The van der Waals surface area contributed by atoms with Crippen molar-refractivity contribution in [1.29, 1.82) is 0 Å². The number of anilines is 1. The standard InChI is InChI=1S/C36H39F4N7O4/c1-5-8-22-13-27(48)31(37)29(30(22)36(38,39)40)28-15-25-24(19-50-28)32(42-34(41-25)51-20-35-9-6-11-46(35)17-21(2)16-35)45-10-7-12-47-23(18-45)14-26(43-47)33(49)44(3)4/h13-14,28,48H,2,6-7,9-12,15-20H2,1,3-4H3/t28?,35-/m0/s1. The summed E-state index contributed by atoms with van der Waals surface area (Å²) in [7, 11) is 3.32. The van der Waals surface area contributed by atoms with Crippen molar-refractivity contribution in [2.24, 2.45) is 0 Å². The summed E-state index contributed by atoms with van der Waals surface area (Å²) in [4.78, 5) is 28.1. The van der Waals surface area contributed by atoms with Gasteiger partial charge < -0.3 is 24.4 Å². The van der Waals surface area contributed by atoms with Crippen LogP contribution >= 0.6 is 0 Å². The molecule has 1 unspecified atom stereocenters. The number of phenolic OH excluding ortho intramolecular Hbond substituents is 1. The lowest BCUT2D eigenvalue weighted by Gasteiger charge is -2.33. The van der Waals surface area contributed by atoms with Crippen LogP contribution in [0.3, 0.4) is 0 Å². The second-order valence-corrected chi connectivity index (χ2v) is 13.9. The van der Waals surface area contributed by atoms with Gasteiger partial charge in [0.25, 0.3) is 5.91 Å². The van der Waals surface area contributed by atoms with E-state index < -0.39 is 40.5 Å². The minimum Gasteiger partial charge on any atom is -0.505 e. The number of hydrogen-bond donors (Lipinski definition) is 1. The first-order valence-electron chi connectivity index (χ1n) is 16.9. The van der Waals surface area contributed by atoms with Crippen LogP contribution in [-0.4, -0.2) is 86.4 Å². The molecule has 0 saturated carbocycles. The van der Waals surface area contributed by atoms with Gasteiger partial charge in [0.15, 0.2) is 17.3 Å². The van der Waals surface area contributed by atoms with Gasteiger partial charge in [-0.2, -0.15) is 28.2 Å². The number of halogens is 4. The molecule has 4 aliphatic rings. The Bertz CT molecular complexity index is 1970. The van der Waals surface area contributed by atoms with Crippen LogP contribution in [0.4, 0.5) is 23.4 Å². The molecule has 3 aromatic rings. The Morgan fingerprint density at radius 2 is 2.00 bits per heavy atom. The van der Waals surface area contributed by atoms with Crippen molar-refractivity contribution in [3.05, 3.63) is 69.4 Å². The Kier molecular flexibility index (Phi) is 8.95. The highest BCUT2D eigenvalue weighted by molar-refractivity contribution is 5.92. The third-order valence-corrected chi connectivity index (χ3v) is 10.1. The van der Waals surface area contributed by atoms with Gasteiger partial charge in [-0.1, -0.05) is 18.1 Å². The highest BCUT2D eigenvalue weighted by atomic mass is 19.4. The summed E-state index contributed by atoms with van der Waals surface area (Å²) in [5.41, 5.74) is 0.204. The highest BCUT2D eigenvalue weighted by Crippen LogP contribution is 2.46. The van der Waals surface area contributed by atoms with E-state index in [-0.39, 0.29) is 30.5 Å². The fourth-order valence-electron chi connectivity index (χ4n) is 7.87. The number of aromatic nitrogens is 4. The van der Waals surface area contributed by atoms with Gasteiger partial charge in [-0.3, -0.25) is 14.4 Å². The number of alkyl halides is 3. The minimum atomic E-state index is -4.99. The third-order valence-electron chi connectivity index (χ3n) is 10.1. The summed E-state index contributed by atoms with van der Waals surface area (Å²) >= 11 is 0. The molecule has 0 aliphatic carbocycles. The van der Waals surface area contributed by atoms with E-state index in [1.54, 1.807) is 24.8 Å². The molecular weight excluding hydrogens is 670 g/mol. The van der Waals surface area contributed by atoms with Gasteiger partial charge in [0, 0.05) is 56.8 Å². The number of nitrogens with zero attached hydrogens (tertiary/aromatic N) is 7. The minimum absolute atomic E-state index is 0.0503. The zero-order chi connectivity index (χ0) is 36.2. The molecule has 11 nitrogen and oxygen atoms in total. The average Bonchev–Trinajstić information content (AvgIpc) is 3.70. The van der Waals surface area contributed by atoms with Crippen molar-refractivity contribution in [3.63, 3.8) is 0 Å². The Morgan fingerprint density at radius 1 is 1.20 bits per heavy atom. The third kappa shape index (κ3) is 6.40. The first-order valence-corrected chi connectivity index (χ1v) is 16.9. The number of aromatic hydroxyl groups is 1. The van der Waals surface area contributed by atoms with Crippen LogP contribution in [0.1, 0.15) is 82.8 Å². The van der Waals surface area contributed by atoms with Gasteiger partial charge in [-0.05, 0) is 51.3 Å². The van der Waals surface area contributed by atoms with Crippen LogP contribution in [0, 0.1) is 17.7 Å². The smallest absolute Gasteiger partial charge is 0.418 e. The second kappa shape index (κ2) is 13.1. The van der Waals surface area contributed by atoms with E-state index in [2.05, 4.69) is 28.4 Å². The second-order valence-electron chi connectivity index (χ2n) is 13.9. The molecular formula is C36H39F4N7O4. The van der Waals surface area contributed by atoms with Crippen molar-refractivity contribution in [1.82, 2.24) is 29.5 Å². The monoisotopic (exact) mass is 709 g/mol. The van der Waals surface area contributed by atoms with Crippen molar-refractivity contribution >= 4 is 11.7 Å². The number of ether oxygens (including phenoxy) is 2. The van der Waals surface area contributed by atoms with E-state index in [1.807, 2.05) is 4.90 Å². The normalized spacial score (nSPS) is 21.7. The number of aryl methyl sites for hydroxylation is 1. The van der Waals surface area contributed by atoms with Crippen LogP contribution in [-0.2, 0) is 37.0 Å². The number of fused-ring (bicyclic) bond motifs is 3. The average molecular weight is 710 g/mol. The van der Waals surface area contributed by atoms with Gasteiger partial charge in [-0.25, -0.2) is 4.39 Å². The fourth-order valence-corrected chi connectivity index (χ4v) is 7.87. The number of carbonyl (C=O) groups is 1. The van der Waals surface area contributed by atoms with Crippen LogP contribution in [0.15, 0.2) is 24.3 Å². The van der Waals surface area contributed by atoms with E-state index in [0.717, 1.165) is 43.6 Å². The molecule has 2 saturated heterocycles. The maximum absolute atomic E-state index is 15.6. The van der Waals surface area contributed by atoms with Crippen molar-refractivity contribution in [2.45, 2.75) is 76.5 Å². The van der Waals surface area contributed by atoms with E-state index in [0.29, 0.717) is 61.5 Å². The van der Waals surface area contributed by atoms with E-state index in [9.17, 15) is 23.1 Å². The highest BCUT2D eigenvalue weighted by Gasteiger charge is 2.47. The molecule has 0 radical (unpaired) electrons. The van der Waals surface area contributed by atoms with Gasteiger partial charge >= 0.3 is 12.2 Å². The molecule has 4 aliphatic heterocycles. The summed E-state index contributed by atoms with van der Waals surface area (Å²) < 4.78 is 73.4. The molecule has 1 aromatic carbocycles. The number of benzene rings is 1. The van der Waals surface area contributed by atoms with E-state index in [4.69, 9.17) is 19.4 Å². The number of amides is 1. The molecule has 270 valence electrons. The molecule has 0 spiro atoms. The van der Waals surface area contributed by atoms with Gasteiger partial charge in [-0.15, -0.1) is 5.92 Å². The lowest BCUT2D eigenvalue weighted by atomic mass is 9.91. The molecule has 15 heteroatoms. The number of carbonyl (C=O) groups excluding carboxylic acids is 1. The van der Waals surface area contributed by atoms with E-state index >= 15 is 4.39 Å². The van der Waals surface area contributed by atoms with Gasteiger partial charge in [0.05, 0.1) is 41.7 Å². The lowest BCUT2D eigenvalue weighted by molar-refractivity contribution is -0.140. The van der Waals surface area contributed by atoms with Crippen molar-refractivity contribution in [2.75, 3.05) is 45.2 Å². The van der Waals surface area contributed by atoms with Crippen molar-refractivity contribution < 1.29 is 36.9 Å². The summed E-state index contributed by atoms with van der Waals surface area (Å²) in [5, 5.41) is 14.9. The Hall–Kier alpha value is -4.68. The molecule has 2 atom stereocenters. The zero-order valence-electron chi connectivity index (χ0n) is 28.7. The van der Waals surface area contributed by atoms with E-state index in [1.165, 1.54) is 11.8 Å². The molecule has 1 amide bonds. The quantitative estimate of drug-likeness (QED) is 0.215. The Balaban J connectivity index is 1.29. The van der Waals surface area contributed by atoms with Crippen LogP contribution in [0.5, 0.6) is 11.8 Å². The summed E-state index contributed by atoms with van der Waals surface area (Å²) in [6.07, 6.45) is -3.29. The molecule has 51 heavy (non-hydrogen) atoms. The predicted molar refractivity (Wildman–Crippen MR) is 178 cm³/mol. The van der Waals surface area contributed by atoms with Gasteiger partial charge in [0.2, 0.25) is 0 Å². The Labute approximate surface area is 292 Å².